The third-order valence-electron chi connectivity index (χ3n) is 3.22. The van der Waals surface area contributed by atoms with Crippen LogP contribution in [0.15, 0.2) is 36.4 Å². The van der Waals surface area contributed by atoms with Gasteiger partial charge in [0.25, 0.3) is 0 Å². The molecule has 8 heteroatoms. The van der Waals surface area contributed by atoms with Gasteiger partial charge in [-0.25, -0.2) is 4.79 Å². The Bertz CT molecular complexity index is 795. The highest BCUT2D eigenvalue weighted by atomic mass is 35.5. The largest absolute Gasteiger partial charge is 0.496 e. The van der Waals surface area contributed by atoms with E-state index in [0.717, 1.165) is 0 Å². The molecule has 0 fully saturated rings. The van der Waals surface area contributed by atoms with Gasteiger partial charge < -0.3 is 19.9 Å². The Hall–Kier alpha value is -2.44. The summed E-state index contributed by atoms with van der Waals surface area (Å²) in [6.07, 6.45) is 0.0601. The Morgan fingerprint density at radius 1 is 1.12 bits per heavy atom. The summed E-state index contributed by atoms with van der Waals surface area (Å²) in [4.78, 5) is 23.1. The smallest absolute Gasteiger partial charge is 0.339 e. The lowest BCUT2D eigenvalue weighted by atomic mass is 10.1. The Morgan fingerprint density at radius 3 is 2.48 bits per heavy atom. The van der Waals surface area contributed by atoms with E-state index >= 15 is 0 Å². The number of hydrogen-bond acceptors (Lipinski definition) is 4. The van der Waals surface area contributed by atoms with E-state index < -0.39 is 5.97 Å². The second kappa shape index (κ2) is 8.60. The quantitative estimate of drug-likeness (QED) is 0.751. The molecule has 0 saturated heterocycles. The van der Waals surface area contributed by atoms with Gasteiger partial charge in [0.1, 0.15) is 17.1 Å². The van der Waals surface area contributed by atoms with Crippen molar-refractivity contribution in [3.8, 4) is 11.5 Å². The van der Waals surface area contributed by atoms with Gasteiger partial charge in [0.2, 0.25) is 5.91 Å². The highest BCUT2D eigenvalue weighted by Crippen LogP contribution is 2.31. The molecule has 0 radical (unpaired) electrons. The number of para-hydroxylation sites is 1. The van der Waals surface area contributed by atoms with Gasteiger partial charge >= 0.3 is 5.97 Å². The number of carboxylic acid groups (broad SMARTS) is 1. The van der Waals surface area contributed by atoms with Gasteiger partial charge in [-0.15, -0.1) is 0 Å². The van der Waals surface area contributed by atoms with Gasteiger partial charge in [-0.1, -0.05) is 35.3 Å². The molecule has 0 unspecified atom stereocenters. The molecule has 25 heavy (non-hydrogen) atoms. The Kier molecular flexibility index (Phi) is 6.50. The summed E-state index contributed by atoms with van der Waals surface area (Å²) in [5.74, 6) is -0.939. The normalized spacial score (nSPS) is 10.2. The van der Waals surface area contributed by atoms with E-state index in [1.165, 1.54) is 19.2 Å². The Labute approximate surface area is 154 Å². The maximum Gasteiger partial charge on any atom is 0.339 e. The molecule has 0 atom stereocenters. The van der Waals surface area contributed by atoms with Crippen molar-refractivity contribution in [3.63, 3.8) is 0 Å². The monoisotopic (exact) mass is 383 g/mol. The van der Waals surface area contributed by atoms with Crippen LogP contribution in [0.5, 0.6) is 11.5 Å². The first kappa shape index (κ1) is 18.9. The SMILES string of the molecule is COc1cc(NC(=O)CCOc2ccccc2Cl)c(Cl)cc1C(=O)O. The zero-order valence-electron chi connectivity index (χ0n) is 13.2. The number of hydrogen-bond donors (Lipinski definition) is 2. The van der Waals surface area contributed by atoms with Crippen molar-refractivity contribution >= 4 is 40.8 Å². The topological polar surface area (TPSA) is 84.9 Å². The van der Waals surface area contributed by atoms with Crippen LogP contribution < -0.4 is 14.8 Å². The molecule has 0 aliphatic carbocycles. The Balaban J connectivity index is 1.98. The lowest BCUT2D eigenvalue weighted by Gasteiger charge is -2.12. The zero-order chi connectivity index (χ0) is 18.4. The average molecular weight is 384 g/mol. The molecule has 2 aromatic carbocycles. The average Bonchev–Trinajstić information content (AvgIpc) is 2.58. The molecule has 0 aliphatic heterocycles. The summed E-state index contributed by atoms with van der Waals surface area (Å²) in [7, 11) is 1.33. The summed E-state index contributed by atoms with van der Waals surface area (Å²) < 4.78 is 10.4. The third-order valence-corrected chi connectivity index (χ3v) is 3.84. The highest BCUT2D eigenvalue weighted by Gasteiger charge is 2.16. The number of nitrogens with one attached hydrogen (secondary N) is 1. The lowest BCUT2D eigenvalue weighted by Crippen LogP contribution is -2.16. The molecule has 0 saturated carbocycles. The first-order valence-corrected chi connectivity index (χ1v) is 7.96. The number of amides is 1. The van der Waals surface area contributed by atoms with Crippen molar-refractivity contribution < 1.29 is 24.2 Å². The van der Waals surface area contributed by atoms with Crippen LogP contribution in [-0.2, 0) is 4.79 Å². The first-order chi connectivity index (χ1) is 11.9. The number of rotatable bonds is 7. The minimum atomic E-state index is -1.18. The maximum atomic E-state index is 12.0. The molecular formula is C17H15Cl2NO5. The molecule has 2 N–H and O–H groups in total. The maximum absolute atomic E-state index is 12.0. The van der Waals surface area contributed by atoms with Gasteiger partial charge in [-0.3, -0.25) is 4.79 Å². The van der Waals surface area contributed by atoms with Crippen LogP contribution in [0.1, 0.15) is 16.8 Å². The minimum absolute atomic E-state index is 0.0601. The molecule has 0 aromatic heterocycles. The Morgan fingerprint density at radius 2 is 1.84 bits per heavy atom. The van der Waals surface area contributed by atoms with Crippen LogP contribution in [0.4, 0.5) is 5.69 Å². The van der Waals surface area contributed by atoms with Gasteiger partial charge in [0.15, 0.2) is 0 Å². The van der Waals surface area contributed by atoms with E-state index in [2.05, 4.69) is 5.32 Å². The van der Waals surface area contributed by atoms with Crippen LogP contribution in [0.2, 0.25) is 10.0 Å². The second-order valence-corrected chi connectivity index (χ2v) is 5.73. The first-order valence-electron chi connectivity index (χ1n) is 7.20. The number of aromatic carboxylic acids is 1. The van der Waals surface area contributed by atoms with E-state index in [1.807, 2.05) is 0 Å². The number of methoxy groups -OCH3 is 1. The number of carboxylic acids is 1. The van der Waals surface area contributed by atoms with Gasteiger partial charge in [-0.2, -0.15) is 0 Å². The van der Waals surface area contributed by atoms with Crippen molar-refractivity contribution in [1.29, 1.82) is 0 Å². The number of carbonyl (C=O) groups excluding carboxylic acids is 1. The molecule has 1 amide bonds. The lowest BCUT2D eigenvalue weighted by molar-refractivity contribution is -0.116. The van der Waals surface area contributed by atoms with E-state index in [9.17, 15) is 9.59 Å². The van der Waals surface area contributed by atoms with Gasteiger partial charge in [-0.05, 0) is 18.2 Å². The molecule has 2 aromatic rings. The standard InChI is InChI=1S/C17H15Cl2NO5/c1-24-15-9-13(12(19)8-10(15)17(22)23)20-16(21)6-7-25-14-5-3-2-4-11(14)18/h2-5,8-9H,6-7H2,1H3,(H,20,21)(H,22,23). The van der Waals surface area contributed by atoms with Crippen molar-refractivity contribution in [3.05, 3.63) is 52.0 Å². The zero-order valence-corrected chi connectivity index (χ0v) is 14.7. The van der Waals surface area contributed by atoms with Crippen LogP contribution in [0.25, 0.3) is 0 Å². The molecule has 6 nitrogen and oxygen atoms in total. The van der Waals surface area contributed by atoms with E-state index in [1.54, 1.807) is 24.3 Å². The highest BCUT2D eigenvalue weighted by molar-refractivity contribution is 6.34. The molecule has 0 aliphatic rings. The number of carbonyl (C=O) groups is 2. The van der Waals surface area contributed by atoms with Crippen LogP contribution in [0.3, 0.4) is 0 Å². The summed E-state index contributed by atoms with van der Waals surface area (Å²) in [5, 5.41) is 12.2. The molecule has 0 heterocycles. The number of ether oxygens (including phenoxy) is 2. The summed E-state index contributed by atoms with van der Waals surface area (Å²) in [6, 6.07) is 9.52. The van der Waals surface area contributed by atoms with Crippen molar-refractivity contribution in [2.24, 2.45) is 0 Å². The second-order valence-electron chi connectivity index (χ2n) is 4.91. The summed E-state index contributed by atoms with van der Waals surface area (Å²) in [5.41, 5.74) is 0.166. The molecular weight excluding hydrogens is 369 g/mol. The van der Waals surface area contributed by atoms with Crippen molar-refractivity contribution in [2.45, 2.75) is 6.42 Å². The van der Waals surface area contributed by atoms with Crippen LogP contribution in [0, 0.1) is 0 Å². The predicted octanol–water partition coefficient (Wildman–Crippen LogP) is 4.11. The number of halogens is 2. The van der Waals surface area contributed by atoms with E-state index in [-0.39, 0.29) is 41.0 Å². The fourth-order valence-corrected chi connectivity index (χ4v) is 2.41. The summed E-state index contributed by atoms with van der Waals surface area (Å²) >= 11 is 12.0. The van der Waals surface area contributed by atoms with Crippen molar-refractivity contribution in [1.82, 2.24) is 0 Å². The predicted molar refractivity (Wildman–Crippen MR) is 95.2 cm³/mol. The third kappa shape index (κ3) is 5.01. The van der Waals surface area contributed by atoms with Crippen LogP contribution >= 0.6 is 23.2 Å². The van der Waals surface area contributed by atoms with E-state index in [0.29, 0.717) is 10.8 Å². The number of anilines is 1. The van der Waals surface area contributed by atoms with Gasteiger partial charge in [0.05, 0.1) is 35.9 Å². The fourth-order valence-electron chi connectivity index (χ4n) is 2.01. The summed E-state index contributed by atoms with van der Waals surface area (Å²) in [6.45, 7) is 0.123. The fraction of sp³-hybridized carbons (Fsp3) is 0.176. The molecule has 0 bridgehead atoms. The van der Waals surface area contributed by atoms with E-state index in [4.69, 9.17) is 37.8 Å². The molecule has 0 spiro atoms. The minimum Gasteiger partial charge on any atom is -0.496 e. The molecule has 2 rings (SSSR count). The van der Waals surface area contributed by atoms with Crippen molar-refractivity contribution in [2.75, 3.05) is 19.0 Å². The van der Waals surface area contributed by atoms with Gasteiger partial charge in [0, 0.05) is 6.07 Å². The molecule has 132 valence electrons. The number of benzene rings is 2. The van der Waals surface area contributed by atoms with Crippen LogP contribution in [-0.4, -0.2) is 30.7 Å².